The second-order valence-electron chi connectivity index (χ2n) is 5.79. The van der Waals surface area contributed by atoms with Crippen molar-refractivity contribution in [1.82, 2.24) is 0 Å². The smallest absolute Gasteiger partial charge is 0.295 e. The summed E-state index contributed by atoms with van der Waals surface area (Å²) >= 11 is 1.67. The summed E-state index contributed by atoms with van der Waals surface area (Å²) in [7, 11) is 0. The zero-order valence-electron chi connectivity index (χ0n) is 12.1. The molecule has 1 aromatic carbocycles. The van der Waals surface area contributed by atoms with E-state index < -0.39 is 10.7 Å². The molecule has 1 heterocycles. The van der Waals surface area contributed by atoms with Gasteiger partial charge in [-0.05, 0) is 29.7 Å². The molecule has 2 rings (SSSR count). The van der Waals surface area contributed by atoms with Crippen LogP contribution < -0.4 is 5.32 Å². The normalized spacial score (nSPS) is 11.4. The van der Waals surface area contributed by atoms with E-state index in [0.717, 1.165) is 10.9 Å². The third-order valence-electron chi connectivity index (χ3n) is 3.01. The summed E-state index contributed by atoms with van der Waals surface area (Å²) in [6.45, 7) is 6.90. The molecule has 112 valence electrons. The number of rotatable bonds is 4. The minimum atomic E-state index is -0.613. The van der Waals surface area contributed by atoms with Crippen LogP contribution >= 0.6 is 11.3 Å². The van der Waals surface area contributed by atoms with Gasteiger partial charge in [-0.3, -0.25) is 10.1 Å². The van der Waals surface area contributed by atoms with Gasteiger partial charge in [-0.1, -0.05) is 20.8 Å². The Kier molecular flexibility index (Phi) is 4.27. The fourth-order valence-corrected chi connectivity index (χ4v) is 2.87. The fraction of sp³-hybridized carbons (Fsp3) is 0.333. The van der Waals surface area contributed by atoms with Crippen LogP contribution in [0.25, 0.3) is 0 Å². The van der Waals surface area contributed by atoms with Gasteiger partial charge in [0.05, 0.1) is 11.0 Å². The summed E-state index contributed by atoms with van der Waals surface area (Å²) < 4.78 is 13.1. The molecule has 0 amide bonds. The zero-order valence-corrected chi connectivity index (χ0v) is 13.0. The molecule has 0 aliphatic carbocycles. The van der Waals surface area contributed by atoms with Gasteiger partial charge in [0.2, 0.25) is 0 Å². The first-order chi connectivity index (χ1) is 9.77. The molecule has 21 heavy (non-hydrogen) atoms. The average molecular weight is 308 g/mol. The second kappa shape index (κ2) is 5.81. The van der Waals surface area contributed by atoms with Gasteiger partial charge in [-0.15, -0.1) is 11.3 Å². The lowest BCUT2D eigenvalue weighted by Gasteiger charge is -2.15. The Hall–Kier alpha value is -1.95. The molecular weight excluding hydrogens is 291 g/mol. The summed E-state index contributed by atoms with van der Waals surface area (Å²) in [6.07, 6.45) is 0. The Balaban J connectivity index is 2.13. The van der Waals surface area contributed by atoms with Gasteiger partial charge in [0.1, 0.15) is 11.5 Å². The molecule has 0 fully saturated rings. The first-order valence-corrected chi connectivity index (χ1v) is 7.36. The predicted molar refractivity (Wildman–Crippen MR) is 83.4 cm³/mol. The van der Waals surface area contributed by atoms with Gasteiger partial charge >= 0.3 is 0 Å². The highest BCUT2D eigenvalue weighted by molar-refractivity contribution is 7.12. The van der Waals surface area contributed by atoms with Gasteiger partial charge in [0.15, 0.2) is 0 Å². The summed E-state index contributed by atoms with van der Waals surface area (Å²) in [5, 5.41) is 13.9. The van der Waals surface area contributed by atoms with E-state index in [1.165, 1.54) is 17.0 Å². The highest BCUT2D eigenvalue weighted by Gasteiger charge is 2.17. The highest BCUT2D eigenvalue weighted by atomic mass is 32.1. The molecule has 0 spiro atoms. The van der Waals surface area contributed by atoms with Crippen molar-refractivity contribution in [2.45, 2.75) is 32.7 Å². The Morgan fingerprint density at radius 1 is 1.29 bits per heavy atom. The molecule has 4 nitrogen and oxygen atoms in total. The van der Waals surface area contributed by atoms with Crippen LogP contribution in [0.2, 0.25) is 0 Å². The quantitative estimate of drug-likeness (QED) is 0.657. The maximum Gasteiger partial charge on any atom is 0.295 e. The first kappa shape index (κ1) is 15.4. The molecule has 0 atom stereocenters. The van der Waals surface area contributed by atoms with E-state index >= 15 is 0 Å². The molecular formula is C15H17FN2O2S. The molecule has 0 saturated carbocycles. The molecule has 2 aromatic rings. The van der Waals surface area contributed by atoms with Crippen LogP contribution in [0.15, 0.2) is 30.3 Å². The van der Waals surface area contributed by atoms with Crippen LogP contribution in [-0.4, -0.2) is 4.92 Å². The van der Waals surface area contributed by atoms with E-state index in [0.29, 0.717) is 12.2 Å². The number of anilines is 1. The molecule has 0 radical (unpaired) electrons. The molecule has 0 bridgehead atoms. The Morgan fingerprint density at radius 3 is 2.57 bits per heavy atom. The number of thiophene rings is 1. The van der Waals surface area contributed by atoms with Crippen molar-refractivity contribution < 1.29 is 9.31 Å². The molecule has 1 N–H and O–H groups in total. The fourth-order valence-electron chi connectivity index (χ4n) is 1.86. The van der Waals surface area contributed by atoms with Crippen molar-refractivity contribution in [3.05, 3.63) is 56.0 Å². The van der Waals surface area contributed by atoms with Crippen molar-refractivity contribution in [1.29, 1.82) is 0 Å². The van der Waals surface area contributed by atoms with E-state index in [4.69, 9.17) is 0 Å². The predicted octanol–water partition coefficient (Wildman–Crippen LogP) is 4.71. The van der Waals surface area contributed by atoms with Gasteiger partial charge < -0.3 is 5.32 Å². The van der Waals surface area contributed by atoms with Crippen molar-refractivity contribution in [2.24, 2.45) is 0 Å². The third-order valence-corrected chi connectivity index (χ3v) is 4.52. The Bertz CT molecular complexity index is 662. The van der Waals surface area contributed by atoms with Crippen molar-refractivity contribution in [3.63, 3.8) is 0 Å². The molecule has 0 unspecified atom stereocenters. The molecule has 0 aliphatic rings. The summed E-state index contributed by atoms with van der Waals surface area (Å²) in [6, 6.07) is 7.61. The number of benzene rings is 1. The van der Waals surface area contributed by atoms with Crippen molar-refractivity contribution >= 4 is 22.7 Å². The van der Waals surface area contributed by atoms with Crippen LogP contribution in [0, 0.1) is 15.9 Å². The first-order valence-electron chi connectivity index (χ1n) is 6.54. The van der Waals surface area contributed by atoms with E-state index in [1.54, 1.807) is 11.3 Å². The number of hydrogen-bond donors (Lipinski definition) is 1. The van der Waals surface area contributed by atoms with Crippen molar-refractivity contribution in [2.75, 3.05) is 5.32 Å². The van der Waals surface area contributed by atoms with Crippen LogP contribution in [-0.2, 0) is 12.0 Å². The topological polar surface area (TPSA) is 55.2 Å². The number of nitro groups is 1. The highest BCUT2D eigenvalue weighted by Crippen LogP contribution is 2.31. The second-order valence-corrected chi connectivity index (χ2v) is 6.96. The van der Waals surface area contributed by atoms with E-state index in [1.807, 2.05) is 6.07 Å². The Morgan fingerprint density at radius 2 is 2.00 bits per heavy atom. The SMILES string of the molecule is CC(C)(C)c1ccc(CNc2ccc(F)cc2[N+](=O)[O-])s1. The minimum Gasteiger partial charge on any atom is -0.375 e. The minimum absolute atomic E-state index is 0.0881. The van der Waals surface area contributed by atoms with Crippen LogP contribution in [0.3, 0.4) is 0 Å². The number of nitrogens with one attached hydrogen (secondary N) is 1. The lowest BCUT2D eigenvalue weighted by Crippen LogP contribution is -2.07. The van der Waals surface area contributed by atoms with Gasteiger partial charge in [0, 0.05) is 16.3 Å². The molecule has 6 heteroatoms. The monoisotopic (exact) mass is 308 g/mol. The third kappa shape index (κ3) is 3.78. The van der Waals surface area contributed by atoms with Gasteiger partial charge in [0.25, 0.3) is 5.69 Å². The lowest BCUT2D eigenvalue weighted by molar-refractivity contribution is -0.384. The summed E-state index contributed by atoms with van der Waals surface area (Å²) in [5.74, 6) is -0.613. The number of halogens is 1. The number of nitrogens with zero attached hydrogens (tertiary/aromatic N) is 1. The summed E-state index contributed by atoms with van der Waals surface area (Å²) in [5.41, 5.74) is 0.167. The van der Waals surface area contributed by atoms with E-state index in [2.05, 4.69) is 32.2 Å². The number of nitro benzene ring substituents is 1. The van der Waals surface area contributed by atoms with Gasteiger partial charge in [-0.25, -0.2) is 4.39 Å². The van der Waals surface area contributed by atoms with E-state index in [-0.39, 0.29) is 11.1 Å². The van der Waals surface area contributed by atoms with Crippen molar-refractivity contribution in [3.8, 4) is 0 Å². The van der Waals surface area contributed by atoms with Crippen LogP contribution in [0.5, 0.6) is 0 Å². The zero-order chi connectivity index (χ0) is 15.6. The molecule has 1 aromatic heterocycles. The van der Waals surface area contributed by atoms with Gasteiger partial charge in [-0.2, -0.15) is 0 Å². The maximum absolute atomic E-state index is 13.1. The lowest BCUT2D eigenvalue weighted by atomic mass is 9.95. The molecule has 0 aliphatic heterocycles. The maximum atomic E-state index is 13.1. The van der Waals surface area contributed by atoms with E-state index in [9.17, 15) is 14.5 Å². The van der Waals surface area contributed by atoms with Crippen LogP contribution in [0.4, 0.5) is 15.8 Å². The average Bonchev–Trinajstić information content (AvgIpc) is 2.85. The van der Waals surface area contributed by atoms with Crippen LogP contribution in [0.1, 0.15) is 30.5 Å². The molecule has 0 saturated heterocycles. The standard InChI is InChI=1S/C15H17FN2O2S/c1-15(2,3)14-7-5-11(21-14)9-17-12-6-4-10(16)8-13(12)18(19)20/h4-8,17H,9H2,1-3H3. The largest absolute Gasteiger partial charge is 0.375 e. The number of hydrogen-bond acceptors (Lipinski definition) is 4. The Labute approximate surface area is 126 Å². The summed E-state index contributed by atoms with van der Waals surface area (Å²) in [4.78, 5) is 12.7.